The van der Waals surface area contributed by atoms with E-state index in [2.05, 4.69) is 43.0 Å². The van der Waals surface area contributed by atoms with Crippen molar-refractivity contribution in [3.8, 4) is 0 Å². The Bertz CT molecular complexity index is 395. The molecule has 0 saturated heterocycles. The standard InChI is InChI=1S/C15H27FN4/c1-5-7-8-10-20(12(3)4)14-13(16)11-18-15(19-14)17-9-6-2/h11-12H,5-10H2,1-4H3,(H,17,18,19). The van der Waals surface area contributed by atoms with Gasteiger partial charge in [-0.3, -0.25) is 0 Å². The molecule has 0 aliphatic heterocycles. The number of unbranched alkanes of at least 4 members (excludes halogenated alkanes) is 2. The summed E-state index contributed by atoms with van der Waals surface area (Å²) in [7, 11) is 0. The molecule has 5 heteroatoms. The van der Waals surface area contributed by atoms with Crippen LogP contribution in [0.4, 0.5) is 16.2 Å². The number of rotatable bonds is 9. The quantitative estimate of drug-likeness (QED) is 0.699. The van der Waals surface area contributed by atoms with Crippen molar-refractivity contribution < 1.29 is 4.39 Å². The Kier molecular flexibility index (Phi) is 7.26. The van der Waals surface area contributed by atoms with E-state index in [0.29, 0.717) is 11.8 Å². The molecule has 1 N–H and O–H groups in total. The highest BCUT2D eigenvalue weighted by atomic mass is 19.1. The van der Waals surface area contributed by atoms with Gasteiger partial charge >= 0.3 is 0 Å². The van der Waals surface area contributed by atoms with Gasteiger partial charge in [-0.2, -0.15) is 4.98 Å². The van der Waals surface area contributed by atoms with E-state index in [9.17, 15) is 4.39 Å². The van der Waals surface area contributed by atoms with Crippen LogP contribution in [0.15, 0.2) is 6.20 Å². The van der Waals surface area contributed by atoms with Crippen LogP contribution >= 0.6 is 0 Å². The van der Waals surface area contributed by atoms with Gasteiger partial charge in [0.05, 0.1) is 6.20 Å². The first kappa shape index (κ1) is 16.7. The smallest absolute Gasteiger partial charge is 0.224 e. The van der Waals surface area contributed by atoms with Crippen LogP contribution in [-0.2, 0) is 0 Å². The number of nitrogens with one attached hydrogen (secondary N) is 1. The van der Waals surface area contributed by atoms with E-state index < -0.39 is 0 Å². The fourth-order valence-corrected chi connectivity index (χ4v) is 2.02. The molecule has 0 aliphatic carbocycles. The van der Waals surface area contributed by atoms with Crippen molar-refractivity contribution in [1.82, 2.24) is 9.97 Å². The van der Waals surface area contributed by atoms with Gasteiger partial charge in [0.1, 0.15) is 0 Å². The van der Waals surface area contributed by atoms with E-state index in [-0.39, 0.29) is 11.9 Å². The first-order valence-corrected chi connectivity index (χ1v) is 7.63. The predicted octanol–water partition coefficient (Wildman–Crippen LogP) is 3.84. The van der Waals surface area contributed by atoms with Crippen LogP contribution in [0, 0.1) is 5.82 Å². The summed E-state index contributed by atoms with van der Waals surface area (Å²) in [6.07, 6.45) is 5.60. The summed E-state index contributed by atoms with van der Waals surface area (Å²) >= 11 is 0. The number of hydrogen-bond donors (Lipinski definition) is 1. The maximum absolute atomic E-state index is 14.0. The summed E-state index contributed by atoms with van der Waals surface area (Å²) in [6, 6.07) is 0.218. The van der Waals surface area contributed by atoms with Crippen molar-refractivity contribution in [2.24, 2.45) is 0 Å². The van der Waals surface area contributed by atoms with Crippen LogP contribution in [-0.4, -0.2) is 29.1 Å². The molecule has 0 radical (unpaired) electrons. The molecule has 1 aromatic heterocycles. The largest absolute Gasteiger partial charge is 0.354 e. The molecule has 1 heterocycles. The molecular weight excluding hydrogens is 255 g/mol. The van der Waals surface area contributed by atoms with Crippen LogP contribution in [0.1, 0.15) is 53.4 Å². The van der Waals surface area contributed by atoms with Crippen LogP contribution in [0.25, 0.3) is 0 Å². The molecule has 0 aliphatic rings. The number of halogens is 1. The molecule has 0 fully saturated rings. The topological polar surface area (TPSA) is 41.1 Å². The summed E-state index contributed by atoms with van der Waals surface area (Å²) in [5, 5.41) is 3.11. The second kappa shape index (κ2) is 8.72. The van der Waals surface area contributed by atoms with Gasteiger partial charge in [-0.15, -0.1) is 0 Å². The van der Waals surface area contributed by atoms with Crippen LogP contribution in [0.3, 0.4) is 0 Å². The molecule has 4 nitrogen and oxygen atoms in total. The van der Waals surface area contributed by atoms with Gasteiger partial charge in [0.25, 0.3) is 0 Å². The molecule has 0 bridgehead atoms. The lowest BCUT2D eigenvalue weighted by Crippen LogP contribution is -2.33. The molecule has 0 unspecified atom stereocenters. The zero-order valence-corrected chi connectivity index (χ0v) is 13.1. The summed E-state index contributed by atoms with van der Waals surface area (Å²) in [5.74, 6) is 0.561. The molecule has 0 saturated carbocycles. The normalized spacial score (nSPS) is 10.9. The van der Waals surface area contributed by atoms with E-state index >= 15 is 0 Å². The Morgan fingerprint density at radius 1 is 1.25 bits per heavy atom. The fourth-order valence-electron chi connectivity index (χ4n) is 2.02. The maximum Gasteiger partial charge on any atom is 0.224 e. The minimum atomic E-state index is -0.350. The number of anilines is 2. The molecule has 1 rings (SSSR count). The zero-order chi connectivity index (χ0) is 15.0. The average molecular weight is 282 g/mol. The molecule has 0 spiro atoms. The summed E-state index contributed by atoms with van der Waals surface area (Å²) in [5.41, 5.74) is 0. The van der Waals surface area contributed by atoms with E-state index in [4.69, 9.17) is 0 Å². The number of aromatic nitrogens is 2. The molecule has 0 amide bonds. The zero-order valence-electron chi connectivity index (χ0n) is 13.1. The third kappa shape index (κ3) is 4.94. The van der Waals surface area contributed by atoms with Crippen molar-refractivity contribution in [3.63, 3.8) is 0 Å². The Morgan fingerprint density at radius 3 is 2.60 bits per heavy atom. The second-order valence-corrected chi connectivity index (χ2v) is 5.29. The van der Waals surface area contributed by atoms with Crippen LogP contribution in [0.5, 0.6) is 0 Å². The van der Waals surface area contributed by atoms with E-state index in [0.717, 1.165) is 38.8 Å². The average Bonchev–Trinajstić information content (AvgIpc) is 2.43. The Labute approximate surface area is 121 Å². The van der Waals surface area contributed by atoms with Crippen molar-refractivity contribution >= 4 is 11.8 Å². The van der Waals surface area contributed by atoms with Gasteiger partial charge in [-0.25, -0.2) is 9.37 Å². The maximum atomic E-state index is 14.0. The van der Waals surface area contributed by atoms with Crippen LogP contribution < -0.4 is 10.2 Å². The molecule has 114 valence electrons. The van der Waals surface area contributed by atoms with Gasteiger partial charge in [0, 0.05) is 19.1 Å². The van der Waals surface area contributed by atoms with E-state index in [1.165, 1.54) is 6.20 Å². The second-order valence-electron chi connectivity index (χ2n) is 5.29. The monoisotopic (exact) mass is 282 g/mol. The Hall–Kier alpha value is -1.39. The van der Waals surface area contributed by atoms with Crippen LogP contribution in [0.2, 0.25) is 0 Å². The van der Waals surface area contributed by atoms with Gasteiger partial charge < -0.3 is 10.2 Å². The minimum absolute atomic E-state index is 0.218. The van der Waals surface area contributed by atoms with Gasteiger partial charge in [-0.1, -0.05) is 26.7 Å². The summed E-state index contributed by atoms with van der Waals surface area (Å²) in [6.45, 7) is 9.98. The van der Waals surface area contributed by atoms with Crippen molar-refractivity contribution in [3.05, 3.63) is 12.0 Å². The van der Waals surface area contributed by atoms with Gasteiger partial charge in [0.2, 0.25) is 5.95 Å². The predicted molar refractivity (Wildman–Crippen MR) is 82.8 cm³/mol. The molecule has 0 aromatic carbocycles. The Balaban J connectivity index is 2.87. The lowest BCUT2D eigenvalue weighted by molar-refractivity contribution is 0.570. The molecule has 20 heavy (non-hydrogen) atoms. The fraction of sp³-hybridized carbons (Fsp3) is 0.733. The first-order chi connectivity index (χ1) is 9.60. The molecule has 1 aromatic rings. The third-order valence-corrected chi connectivity index (χ3v) is 3.16. The highest BCUT2D eigenvalue weighted by molar-refractivity contribution is 5.44. The summed E-state index contributed by atoms with van der Waals surface area (Å²) in [4.78, 5) is 10.3. The lowest BCUT2D eigenvalue weighted by Gasteiger charge is -2.28. The number of nitrogens with zero attached hydrogens (tertiary/aromatic N) is 3. The highest BCUT2D eigenvalue weighted by Crippen LogP contribution is 2.20. The van der Waals surface area contributed by atoms with Crippen molar-refractivity contribution in [2.45, 2.75) is 59.4 Å². The molecular formula is C15H27FN4. The third-order valence-electron chi connectivity index (χ3n) is 3.16. The van der Waals surface area contributed by atoms with E-state index in [1.807, 2.05) is 4.90 Å². The lowest BCUT2D eigenvalue weighted by atomic mass is 10.2. The summed E-state index contributed by atoms with van der Waals surface area (Å²) < 4.78 is 14.0. The van der Waals surface area contributed by atoms with Crippen molar-refractivity contribution in [1.29, 1.82) is 0 Å². The van der Waals surface area contributed by atoms with Gasteiger partial charge in [-0.05, 0) is 26.7 Å². The highest BCUT2D eigenvalue weighted by Gasteiger charge is 2.17. The van der Waals surface area contributed by atoms with Crippen molar-refractivity contribution in [2.75, 3.05) is 23.3 Å². The minimum Gasteiger partial charge on any atom is -0.354 e. The first-order valence-electron chi connectivity index (χ1n) is 7.63. The van der Waals surface area contributed by atoms with E-state index in [1.54, 1.807) is 0 Å². The number of hydrogen-bond acceptors (Lipinski definition) is 4. The SMILES string of the molecule is CCCCCN(c1nc(NCCC)ncc1F)C(C)C. The molecule has 0 atom stereocenters. The van der Waals surface area contributed by atoms with Gasteiger partial charge in [0.15, 0.2) is 11.6 Å². The Morgan fingerprint density at radius 2 is 2.00 bits per heavy atom.